The number of benzene rings is 1. The molecule has 2 aromatic rings. The molecule has 0 aliphatic carbocycles. The molecular formula is C12H9BrClNOS. The van der Waals surface area contributed by atoms with Crippen LogP contribution in [0.15, 0.2) is 34.1 Å². The van der Waals surface area contributed by atoms with Crippen molar-refractivity contribution in [3.8, 4) is 0 Å². The van der Waals surface area contributed by atoms with E-state index in [-0.39, 0.29) is 5.78 Å². The smallest absolute Gasteiger partial charge is 0.197 e. The summed E-state index contributed by atoms with van der Waals surface area (Å²) in [5.41, 5.74) is 1.16. The quantitative estimate of drug-likeness (QED) is 0.843. The lowest BCUT2D eigenvalue weighted by Gasteiger charge is -2.04. The molecule has 0 spiro atoms. The van der Waals surface area contributed by atoms with E-state index in [9.17, 15) is 4.79 Å². The summed E-state index contributed by atoms with van der Waals surface area (Å²) in [5, 5.41) is 4.32. The van der Waals surface area contributed by atoms with E-state index in [2.05, 4.69) is 21.2 Å². The first-order valence-electron chi connectivity index (χ1n) is 4.90. The largest absolute Gasteiger partial charge is 0.379 e. The van der Waals surface area contributed by atoms with Crippen LogP contribution in [0.4, 0.5) is 5.00 Å². The van der Waals surface area contributed by atoms with Gasteiger partial charge in [-0.15, -0.1) is 11.3 Å². The van der Waals surface area contributed by atoms with Crippen LogP contribution in [0.1, 0.15) is 15.9 Å². The second kappa shape index (κ2) is 5.21. The highest BCUT2D eigenvalue weighted by Crippen LogP contribution is 2.34. The first-order chi connectivity index (χ1) is 8.13. The van der Waals surface area contributed by atoms with Crippen LogP contribution in [0.25, 0.3) is 0 Å². The second-order valence-corrected chi connectivity index (χ2v) is 6.19. The van der Waals surface area contributed by atoms with E-state index in [0.29, 0.717) is 16.1 Å². The molecule has 1 aromatic heterocycles. The monoisotopic (exact) mass is 329 g/mol. The summed E-state index contributed by atoms with van der Waals surface area (Å²) >= 11 is 10.9. The number of anilines is 1. The van der Waals surface area contributed by atoms with Crippen LogP contribution in [0, 0.1) is 0 Å². The van der Waals surface area contributed by atoms with Gasteiger partial charge >= 0.3 is 0 Å². The zero-order valence-electron chi connectivity index (χ0n) is 8.96. The third-order valence-electron chi connectivity index (χ3n) is 2.29. The van der Waals surface area contributed by atoms with Gasteiger partial charge in [0.15, 0.2) is 5.78 Å². The van der Waals surface area contributed by atoms with Crippen LogP contribution in [0.2, 0.25) is 5.02 Å². The maximum Gasteiger partial charge on any atom is 0.197 e. The molecule has 0 radical (unpaired) electrons. The summed E-state index contributed by atoms with van der Waals surface area (Å²) in [5.74, 6) is -0.0677. The Kier molecular flexibility index (Phi) is 3.86. The summed E-state index contributed by atoms with van der Waals surface area (Å²) in [4.78, 5) is 12.3. The number of carbonyl (C=O) groups is 1. The lowest BCUT2D eigenvalue weighted by molar-refractivity contribution is 0.104. The first-order valence-corrected chi connectivity index (χ1v) is 6.88. The zero-order valence-corrected chi connectivity index (χ0v) is 12.1. The van der Waals surface area contributed by atoms with E-state index in [4.69, 9.17) is 11.6 Å². The Hall–Kier alpha value is -0.840. The Morgan fingerprint density at radius 1 is 1.35 bits per heavy atom. The van der Waals surface area contributed by atoms with Gasteiger partial charge in [0.1, 0.15) is 5.00 Å². The van der Waals surface area contributed by atoms with Crippen molar-refractivity contribution in [2.75, 3.05) is 12.4 Å². The first kappa shape index (κ1) is 12.6. The number of hydrogen-bond acceptors (Lipinski definition) is 3. The molecule has 0 unspecified atom stereocenters. The SMILES string of the molecule is CNc1sc(Br)cc1C(=O)c1ccccc1Cl. The molecule has 1 N–H and O–H groups in total. The van der Waals surface area contributed by atoms with Crippen molar-refractivity contribution in [2.45, 2.75) is 0 Å². The van der Waals surface area contributed by atoms with Gasteiger partial charge in [-0.1, -0.05) is 23.7 Å². The van der Waals surface area contributed by atoms with Crippen LogP contribution in [0.3, 0.4) is 0 Å². The van der Waals surface area contributed by atoms with Gasteiger partial charge in [0.25, 0.3) is 0 Å². The molecule has 0 bridgehead atoms. The Labute approximate surface area is 117 Å². The van der Waals surface area contributed by atoms with E-state index >= 15 is 0 Å². The Bertz CT molecular complexity index is 567. The van der Waals surface area contributed by atoms with Crippen LogP contribution < -0.4 is 5.32 Å². The highest BCUT2D eigenvalue weighted by atomic mass is 79.9. The molecule has 0 aliphatic heterocycles. The Morgan fingerprint density at radius 2 is 2.06 bits per heavy atom. The predicted molar refractivity (Wildman–Crippen MR) is 76.5 cm³/mol. The third-order valence-corrected chi connectivity index (χ3v) is 4.28. The molecule has 0 aliphatic rings. The average molecular weight is 331 g/mol. The minimum atomic E-state index is -0.0677. The van der Waals surface area contributed by atoms with Crippen LogP contribution >= 0.6 is 38.9 Å². The van der Waals surface area contributed by atoms with Gasteiger partial charge in [-0.05, 0) is 34.1 Å². The van der Waals surface area contributed by atoms with E-state index in [1.807, 2.05) is 12.1 Å². The average Bonchev–Trinajstić information content (AvgIpc) is 2.70. The second-order valence-electron chi connectivity index (χ2n) is 3.35. The molecule has 0 saturated heterocycles. The number of hydrogen-bond donors (Lipinski definition) is 1. The summed E-state index contributed by atoms with van der Waals surface area (Å²) in [6.45, 7) is 0. The van der Waals surface area contributed by atoms with Gasteiger partial charge in [-0.2, -0.15) is 0 Å². The summed E-state index contributed by atoms with van der Waals surface area (Å²) in [7, 11) is 1.79. The van der Waals surface area contributed by atoms with Crippen LogP contribution in [-0.4, -0.2) is 12.8 Å². The highest BCUT2D eigenvalue weighted by Gasteiger charge is 2.18. The number of rotatable bonds is 3. The van der Waals surface area contributed by atoms with Crippen molar-refractivity contribution < 1.29 is 4.79 Å². The molecule has 88 valence electrons. The Morgan fingerprint density at radius 3 is 2.71 bits per heavy atom. The minimum Gasteiger partial charge on any atom is -0.379 e. The molecule has 5 heteroatoms. The van der Waals surface area contributed by atoms with Crippen molar-refractivity contribution in [3.63, 3.8) is 0 Å². The molecule has 0 saturated carbocycles. The normalized spacial score (nSPS) is 10.3. The van der Waals surface area contributed by atoms with E-state index in [1.54, 1.807) is 25.2 Å². The van der Waals surface area contributed by atoms with Gasteiger partial charge in [0, 0.05) is 12.6 Å². The molecule has 2 nitrogen and oxygen atoms in total. The maximum atomic E-state index is 12.3. The number of ketones is 1. The number of thiophene rings is 1. The van der Waals surface area contributed by atoms with Crippen molar-refractivity contribution >= 4 is 49.7 Å². The zero-order chi connectivity index (χ0) is 12.4. The lowest BCUT2D eigenvalue weighted by atomic mass is 10.1. The maximum absolute atomic E-state index is 12.3. The van der Waals surface area contributed by atoms with Crippen molar-refractivity contribution in [2.24, 2.45) is 0 Å². The van der Waals surface area contributed by atoms with Gasteiger partial charge in [0.05, 0.1) is 14.4 Å². The van der Waals surface area contributed by atoms with E-state index in [1.165, 1.54) is 11.3 Å². The Balaban J connectivity index is 2.47. The standard InChI is InChI=1S/C12H9BrClNOS/c1-15-12-8(6-10(13)17-12)11(16)7-4-2-3-5-9(7)14/h2-6,15H,1H3. The third kappa shape index (κ3) is 2.54. The van der Waals surface area contributed by atoms with Gasteiger partial charge in [-0.3, -0.25) is 4.79 Å². The van der Waals surface area contributed by atoms with Crippen molar-refractivity contribution in [1.82, 2.24) is 0 Å². The molecule has 2 rings (SSSR count). The molecule has 0 amide bonds. The molecular weight excluding hydrogens is 322 g/mol. The summed E-state index contributed by atoms with van der Waals surface area (Å²) in [6.07, 6.45) is 0. The molecule has 0 fully saturated rings. The highest BCUT2D eigenvalue weighted by molar-refractivity contribution is 9.11. The lowest BCUT2D eigenvalue weighted by Crippen LogP contribution is -2.03. The molecule has 1 aromatic carbocycles. The fourth-order valence-corrected chi connectivity index (χ4v) is 3.18. The fraction of sp³-hybridized carbons (Fsp3) is 0.0833. The summed E-state index contributed by atoms with van der Waals surface area (Å²) < 4.78 is 0.914. The predicted octanol–water partition coefficient (Wildman–Crippen LogP) is 4.44. The number of nitrogens with one attached hydrogen (secondary N) is 1. The van der Waals surface area contributed by atoms with E-state index in [0.717, 1.165) is 8.79 Å². The fourth-order valence-electron chi connectivity index (χ4n) is 1.51. The molecule has 1 heterocycles. The summed E-state index contributed by atoms with van der Waals surface area (Å²) in [6, 6.07) is 8.87. The van der Waals surface area contributed by atoms with Crippen LogP contribution in [0.5, 0.6) is 0 Å². The van der Waals surface area contributed by atoms with Gasteiger partial charge in [-0.25, -0.2) is 0 Å². The van der Waals surface area contributed by atoms with E-state index < -0.39 is 0 Å². The van der Waals surface area contributed by atoms with Gasteiger partial charge in [0.2, 0.25) is 0 Å². The molecule has 0 atom stereocenters. The molecule has 17 heavy (non-hydrogen) atoms. The van der Waals surface area contributed by atoms with Crippen molar-refractivity contribution in [1.29, 1.82) is 0 Å². The van der Waals surface area contributed by atoms with Gasteiger partial charge < -0.3 is 5.32 Å². The number of carbonyl (C=O) groups excluding carboxylic acids is 1. The number of halogens is 2. The topological polar surface area (TPSA) is 29.1 Å². The van der Waals surface area contributed by atoms with Crippen LogP contribution in [-0.2, 0) is 0 Å². The minimum absolute atomic E-state index is 0.0677. The van der Waals surface area contributed by atoms with Crippen molar-refractivity contribution in [3.05, 3.63) is 50.3 Å².